The molecular formula is C23H24I2N2O2S. The average molecular weight is 646 g/mol. The van der Waals surface area contributed by atoms with E-state index in [2.05, 4.69) is 57.4 Å². The molecule has 4 nitrogen and oxygen atoms in total. The number of amides is 1. The van der Waals surface area contributed by atoms with Crippen molar-refractivity contribution in [3.8, 4) is 5.75 Å². The van der Waals surface area contributed by atoms with Crippen LogP contribution in [0.15, 0.2) is 47.4 Å². The lowest BCUT2D eigenvalue weighted by Gasteiger charge is -2.39. The summed E-state index contributed by atoms with van der Waals surface area (Å²) in [7, 11) is 0. The number of benzene rings is 2. The van der Waals surface area contributed by atoms with Crippen LogP contribution < -0.4 is 5.32 Å². The van der Waals surface area contributed by atoms with Crippen molar-refractivity contribution in [1.29, 1.82) is 0 Å². The van der Waals surface area contributed by atoms with E-state index < -0.39 is 0 Å². The first-order valence-corrected chi connectivity index (χ1v) is 13.2. The normalized spacial score (nSPS) is 25.7. The molecule has 0 spiro atoms. The first-order chi connectivity index (χ1) is 14.4. The van der Waals surface area contributed by atoms with Crippen molar-refractivity contribution in [2.24, 2.45) is 5.92 Å². The highest BCUT2D eigenvalue weighted by atomic mass is 127. The molecule has 3 atom stereocenters. The zero-order chi connectivity index (χ0) is 21.3. The molecule has 1 saturated heterocycles. The van der Waals surface area contributed by atoms with Crippen LogP contribution in [0.5, 0.6) is 5.75 Å². The molecule has 0 bridgehead atoms. The second-order valence-electron chi connectivity index (χ2n) is 7.86. The molecule has 1 saturated carbocycles. The van der Waals surface area contributed by atoms with Gasteiger partial charge in [0.2, 0.25) is 0 Å². The van der Waals surface area contributed by atoms with Crippen LogP contribution in [0, 0.1) is 13.1 Å². The third-order valence-electron chi connectivity index (χ3n) is 5.77. The summed E-state index contributed by atoms with van der Waals surface area (Å²) in [6.07, 6.45) is 6.45. The zero-order valence-electron chi connectivity index (χ0n) is 16.6. The topological polar surface area (TPSA) is 52.6 Å². The highest BCUT2D eigenvalue weighted by molar-refractivity contribution is 14.1. The first kappa shape index (κ1) is 22.3. The lowest BCUT2D eigenvalue weighted by atomic mass is 9.85. The van der Waals surface area contributed by atoms with Crippen molar-refractivity contribution >= 4 is 74.6 Å². The minimum atomic E-state index is -0.152. The monoisotopic (exact) mass is 646 g/mol. The first-order valence-electron chi connectivity index (χ1n) is 10.1. The van der Waals surface area contributed by atoms with E-state index >= 15 is 0 Å². The van der Waals surface area contributed by atoms with Gasteiger partial charge in [-0.3, -0.25) is 4.79 Å². The maximum atomic E-state index is 13.5. The molecule has 2 aromatic rings. The summed E-state index contributed by atoms with van der Waals surface area (Å²) in [5.41, 5.74) is 1.55. The molecule has 7 heteroatoms. The van der Waals surface area contributed by atoms with Gasteiger partial charge in [-0.15, -0.1) is 0 Å². The van der Waals surface area contributed by atoms with Gasteiger partial charge in [0.15, 0.2) is 5.50 Å². The molecule has 2 aliphatic rings. The number of nitrogens with zero attached hydrogens (tertiary/aromatic N) is 1. The molecule has 2 fully saturated rings. The third-order valence-corrected chi connectivity index (χ3v) is 8.33. The van der Waals surface area contributed by atoms with Crippen LogP contribution in [0.25, 0.3) is 6.08 Å². The lowest BCUT2D eigenvalue weighted by molar-refractivity contribution is -0.129. The Kier molecular flexibility index (Phi) is 7.19. The molecule has 1 heterocycles. The lowest BCUT2D eigenvalue weighted by Crippen LogP contribution is -2.48. The van der Waals surface area contributed by atoms with Crippen LogP contribution in [0.4, 0.5) is 5.69 Å². The number of hydrogen-bond donors (Lipinski definition) is 2. The highest BCUT2D eigenvalue weighted by Gasteiger charge is 2.43. The van der Waals surface area contributed by atoms with Gasteiger partial charge >= 0.3 is 0 Å². The molecule has 2 aromatic carbocycles. The van der Waals surface area contributed by atoms with Crippen molar-refractivity contribution in [3.63, 3.8) is 0 Å². The van der Waals surface area contributed by atoms with Gasteiger partial charge in [0, 0.05) is 20.9 Å². The van der Waals surface area contributed by atoms with E-state index in [1.54, 1.807) is 11.8 Å². The maximum Gasteiger partial charge on any atom is 0.262 e. The van der Waals surface area contributed by atoms with Crippen molar-refractivity contribution in [1.82, 2.24) is 4.90 Å². The standard InChI is InChI=1S/C23H24I2N2O2S/c1-14-7-5-6-10-19(14)27-22(29)20(12-15-11-16(24)13-18(25)21(15)28)30-23(27)26-17-8-3-2-4-9-17/h2-4,8-9,11-14,19,23,26,28H,5-7,10H2,1H3/b20-12-/t14-,19+,23?/m1/s1. The Labute approximate surface area is 209 Å². The SMILES string of the molecule is C[C@@H]1CCCC[C@@H]1N1C(=O)/C(=C/c2cc(I)cc(I)c2O)SC1Nc1ccccc1. The molecular weight excluding hydrogens is 622 g/mol. The summed E-state index contributed by atoms with van der Waals surface area (Å²) >= 11 is 5.91. The molecule has 1 amide bonds. The number of para-hydroxylation sites is 1. The van der Waals surface area contributed by atoms with Gasteiger partial charge in [0.25, 0.3) is 5.91 Å². The molecule has 1 unspecified atom stereocenters. The summed E-state index contributed by atoms with van der Waals surface area (Å²) in [4.78, 5) is 16.3. The average Bonchev–Trinajstić information content (AvgIpc) is 3.02. The summed E-state index contributed by atoms with van der Waals surface area (Å²) in [6, 6.07) is 14.1. The zero-order valence-corrected chi connectivity index (χ0v) is 21.8. The van der Waals surface area contributed by atoms with Crippen LogP contribution in [0.3, 0.4) is 0 Å². The third kappa shape index (κ3) is 4.77. The van der Waals surface area contributed by atoms with Crippen LogP contribution >= 0.6 is 56.9 Å². The molecule has 0 aromatic heterocycles. The van der Waals surface area contributed by atoms with Gasteiger partial charge < -0.3 is 15.3 Å². The van der Waals surface area contributed by atoms with Crippen molar-refractivity contribution in [2.75, 3.05) is 5.32 Å². The minimum Gasteiger partial charge on any atom is -0.506 e. The fraction of sp³-hybridized carbons (Fsp3) is 0.348. The number of thioether (sulfide) groups is 1. The van der Waals surface area contributed by atoms with Crippen molar-refractivity contribution in [2.45, 2.75) is 44.1 Å². The number of halogens is 2. The number of phenolic OH excluding ortho intramolecular Hbond substituents is 1. The van der Waals surface area contributed by atoms with E-state index in [4.69, 9.17) is 0 Å². The molecule has 4 rings (SSSR count). The molecule has 0 radical (unpaired) electrons. The summed E-state index contributed by atoms with van der Waals surface area (Å²) in [5.74, 6) is 0.768. The quantitative estimate of drug-likeness (QED) is 0.295. The van der Waals surface area contributed by atoms with E-state index in [9.17, 15) is 9.90 Å². The largest absolute Gasteiger partial charge is 0.506 e. The van der Waals surface area contributed by atoms with Crippen LogP contribution in [0.2, 0.25) is 0 Å². The Morgan fingerprint density at radius 2 is 1.90 bits per heavy atom. The van der Waals surface area contributed by atoms with Gasteiger partial charge in [0.1, 0.15) is 5.75 Å². The van der Waals surface area contributed by atoms with Crippen LogP contribution in [0.1, 0.15) is 38.2 Å². The highest BCUT2D eigenvalue weighted by Crippen LogP contribution is 2.43. The molecule has 2 N–H and O–H groups in total. The van der Waals surface area contributed by atoms with Gasteiger partial charge in [-0.25, -0.2) is 0 Å². The number of aromatic hydroxyl groups is 1. The summed E-state index contributed by atoms with van der Waals surface area (Å²) in [5, 5.41) is 14.1. The maximum absolute atomic E-state index is 13.5. The Morgan fingerprint density at radius 3 is 2.63 bits per heavy atom. The fourth-order valence-electron chi connectivity index (χ4n) is 4.20. The smallest absolute Gasteiger partial charge is 0.262 e. The number of nitrogens with one attached hydrogen (secondary N) is 1. The number of phenols is 1. The second kappa shape index (κ2) is 9.68. The molecule has 158 valence electrons. The summed E-state index contributed by atoms with van der Waals surface area (Å²) in [6.45, 7) is 2.26. The fourth-order valence-corrected chi connectivity index (χ4v) is 7.30. The number of rotatable bonds is 4. The number of carbonyl (C=O) groups excluding carboxylic acids is 1. The van der Waals surface area contributed by atoms with Crippen molar-refractivity contribution < 1.29 is 9.90 Å². The Morgan fingerprint density at radius 1 is 1.17 bits per heavy atom. The van der Waals surface area contributed by atoms with Crippen LogP contribution in [-0.2, 0) is 4.79 Å². The van der Waals surface area contributed by atoms with Gasteiger partial charge in [0.05, 0.1) is 8.48 Å². The minimum absolute atomic E-state index is 0.0560. The Hall–Kier alpha value is -0.940. The number of carbonyl (C=O) groups is 1. The summed E-state index contributed by atoms with van der Waals surface area (Å²) < 4.78 is 1.83. The van der Waals surface area contributed by atoms with E-state index in [1.165, 1.54) is 6.42 Å². The van der Waals surface area contributed by atoms with E-state index in [1.807, 2.05) is 53.4 Å². The van der Waals surface area contributed by atoms with Gasteiger partial charge in [-0.2, -0.15) is 0 Å². The molecule has 1 aliphatic heterocycles. The second-order valence-corrected chi connectivity index (χ2v) is 11.4. The van der Waals surface area contributed by atoms with E-state index in [0.29, 0.717) is 16.4 Å². The number of anilines is 1. The van der Waals surface area contributed by atoms with E-state index in [0.717, 1.165) is 32.1 Å². The molecule has 30 heavy (non-hydrogen) atoms. The predicted molar refractivity (Wildman–Crippen MR) is 141 cm³/mol. The van der Waals surface area contributed by atoms with Crippen LogP contribution in [-0.4, -0.2) is 27.5 Å². The molecule has 1 aliphatic carbocycles. The van der Waals surface area contributed by atoms with Crippen molar-refractivity contribution in [3.05, 3.63) is 60.1 Å². The predicted octanol–water partition coefficient (Wildman–Crippen LogP) is 6.49. The van der Waals surface area contributed by atoms with Gasteiger partial charge in [-0.05, 0) is 94.3 Å². The Balaban J connectivity index is 1.69. The van der Waals surface area contributed by atoms with Gasteiger partial charge in [-0.1, -0.05) is 49.7 Å². The number of hydrogen-bond acceptors (Lipinski definition) is 4. The Bertz CT molecular complexity index is 967. The van der Waals surface area contributed by atoms with E-state index in [-0.39, 0.29) is 23.2 Å².